The predicted molar refractivity (Wildman–Crippen MR) is 41.0 cm³/mol. The molecule has 0 aromatic rings. The van der Waals surface area contributed by atoms with Crippen LogP contribution in [0, 0.1) is 5.92 Å². The molecule has 2 N–H and O–H groups in total. The van der Waals surface area contributed by atoms with Crippen LogP contribution in [0.5, 0.6) is 0 Å². The minimum atomic E-state index is -4.19. The molecule has 0 radical (unpaired) electrons. The molecule has 1 nitrogen and oxygen atoms in total. The number of halogens is 4. The monoisotopic (exact) mass is 201 g/mol. The first-order chi connectivity index (χ1) is 5.41. The Morgan fingerprint density at radius 2 is 1.83 bits per heavy atom. The second-order valence-electron chi connectivity index (χ2n) is 3.24. The number of rotatable bonds is 0. The van der Waals surface area contributed by atoms with Crippen molar-refractivity contribution < 1.29 is 13.2 Å². The summed E-state index contributed by atoms with van der Waals surface area (Å²) in [6.45, 7) is 0. The molecule has 3 unspecified atom stereocenters. The summed E-state index contributed by atoms with van der Waals surface area (Å²) in [6, 6.07) is -0.341. The molecule has 12 heavy (non-hydrogen) atoms. The standard InChI is InChI=1S/C7H11ClF3N/c8-6-2-1-4(12)3-5(6)7(9,10)11/h4-6H,1-3,12H2. The molecule has 0 saturated heterocycles. The fraction of sp³-hybridized carbons (Fsp3) is 1.00. The lowest BCUT2D eigenvalue weighted by Crippen LogP contribution is -2.41. The molecule has 1 rings (SSSR count). The Labute approximate surface area is 74.1 Å². The SMILES string of the molecule is NC1CCC(Cl)C(C(F)(F)F)C1. The van der Waals surface area contributed by atoms with Crippen molar-refractivity contribution >= 4 is 11.6 Å². The summed E-state index contributed by atoms with van der Waals surface area (Å²) in [5.74, 6) is -1.41. The molecule has 0 aliphatic heterocycles. The quantitative estimate of drug-likeness (QED) is 0.598. The van der Waals surface area contributed by atoms with Crippen LogP contribution < -0.4 is 5.73 Å². The van der Waals surface area contributed by atoms with Gasteiger partial charge in [0.15, 0.2) is 0 Å². The highest BCUT2D eigenvalue weighted by Crippen LogP contribution is 2.39. The van der Waals surface area contributed by atoms with Crippen LogP contribution in [-0.4, -0.2) is 17.6 Å². The summed E-state index contributed by atoms with van der Waals surface area (Å²) in [5, 5.41) is -0.787. The number of alkyl halides is 4. The van der Waals surface area contributed by atoms with Gasteiger partial charge in [0.1, 0.15) is 0 Å². The summed E-state index contributed by atoms with van der Waals surface area (Å²) in [5.41, 5.74) is 5.43. The third kappa shape index (κ3) is 2.26. The lowest BCUT2D eigenvalue weighted by molar-refractivity contribution is -0.181. The Kier molecular flexibility index (Phi) is 2.88. The van der Waals surface area contributed by atoms with E-state index in [9.17, 15) is 13.2 Å². The van der Waals surface area contributed by atoms with Gasteiger partial charge in [-0.2, -0.15) is 13.2 Å². The van der Waals surface area contributed by atoms with Crippen LogP contribution in [0.3, 0.4) is 0 Å². The van der Waals surface area contributed by atoms with Gasteiger partial charge in [-0.3, -0.25) is 0 Å². The average Bonchev–Trinajstić information content (AvgIpc) is 1.92. The maximum atomic E-state index is 12.2. The zero-order valence-electron chi connectivity index (χ0n) is 6.44. The first kappa shape index (κ1) is 10.1. The zero-order valence-corrected chi connectivity index (χ0v) is 7.20. The summed E-state index contributed by atoms with van der Waals surface area (Å²) in [7, 11) is 0. The zero-order chi connectivity index (χ0) is 9.35. The molecule has 0 aromatic carbocycles. The van der Waals surface area contributed by atoms with Crippen molar-refractivity contribution in [3.63, 3.8) is 0 Å². The van der Waals surface area contributed by atoms with E-state index < -0.39 is 17.5 Å². The minimum absolute atomic E-state index is 0.0301. The maximum Gasteiger partial charge on any atom is 0.393 e. The largest absolute Gasteiger partial charge is 0.393 e. The van der Waals surface area contributed by atoms with Crippen molar-refractivity contribution in [2.24, 2.45) is 11.7 Å². The molecular weight excluding hydrogens is 191 g/mol. The minimum Gasteiger partial charge on any atom is -0.328 e. The predicted octanol–water partition coefficient (Wildman–Crippen LogP) is 2.28. The van der Waals surface area contributed by atoms with Crippen molar-refractivity contribution in [1.29, 1.82) is 0 Å². The van der Waals surface area contributed by atoms with Crippen molar-refractivity contribution in [2.45, 2.75) is 36.9 Å². The Hall–Kier alpha value is 0.0400. The lowest BCUT2D eigenvalue weighted by Gasteiger charge is -2.32. The molecule has 1 fully saturated rings. The fourth-order valence-electron chi connectivity index (χ4n) is 1.50. The van der Waals surface area contributed by atoms with E-state index in [0.717, 1.165) is 0 Å². The molecule has 3 atom stereocenters. The van der Waals surface area contributed by atoms with Crippen LogP contribution in [0.2, 0.25) is 0 Å². The highest BCUT2D eigenvalue weighted by molar-refractivity contribution is 6.20. The number of hydrogen-bond acceptors (Lipinski definition) is 1. The fourth-order valence-corrected chi connectivity index (χ4v) is 1.88. The third-order valence-corrected chi connectivity index (χ3v) is 2.75. The molecule has 0 bridgehead atoms. The molecule has 5 heteroatoms. The molecule has 1 aliphatic carbocycles. The molecule has 0 aromatic heterocycles. The van der Waals surface area contributed by atoms with E-state index in [2.05, 4.69) is 0 Å². The topological polar surface area (TPSA) is 26.0 Å². The summed E-state index contributed by atoms with van der Waals surface area (Å²) in [6.07, 6.45) is -3.25. The van der Waals surface area contributed by atoms with Crippen LogP contribution in [0.1, 0.15) is 19.3 Å². The van der Waals surface area contributed by atoms with Gasteiger partial charge in [0.25, 0.3) is 0 Å². The maximum absolute atomic E-state index is 12.2. The second-order valence-corrected chi connectivity index (χ2v) is 3.80. The normalized spacial score (nSPS) is 38.2. The molecule has 1 aliphatic rings. The van der Waals surface area contributed by atoms with E-state index in [0.29, 0.717) is 12.8 Å². The summed E-state index contributed by atoms with van der Waals surface area (Å²) < 4.78 is 36.7. The number of nitrogens with two attached hydrogens (primary N) is 1. The van der Waals surface area contributed by atoms with Crippen LogP contribution in [0.4, 0.5) is 13.2 Å². The molecule has 0 spiro atoms. The lowest BCUT2D eigenvalue weighted by atomic mass is 9.85. The van der Waals surface area contributed by atoms with Gasteiger partial charge >= 0.3 is 6.18 Å². The van der Waals surface area contributed by atoms with Crippen molar-refractivity contribution in [3.8, 4) is 0 Å². The van der Waals surface area contributed by atoms with Crippen LogP contribution in [0.25, 0.3) is 0 Å². The van der Waals surface area contributed by atoms with E-state index >= 15 is 0 Å². The molecule has 0 heterocycles. The van der Waals surface area contributed by atoms with Gasteiger partial charge in [-0.1, -0.05) is 0 Å². The van der Waals surface area contributed by atoms with E-state index in [4.69, 9.17) is 17.3 Å². The summed E-state index contributed by atoms with van der Waals surface area (Å²) >= 11 is 5.56. The van der Waals surface area contributed by atoms with Crippen LogP contribution in [0.15, 0.2) is 0 Å². The van der Waals surface area contributed by atoms with Crippen molar-refractivity contribution in [1.82, 2.24) is 0 Å². The average molecular weight is 202 g/mol. The summed E-state index contributed by atoms with van der Waals surface area (Å²) in [4.78, 5) is 0. The van der Waals surface area contributed by atoms with E-state index in [1.165, 1.54) is 0 Å². The Bertz CT molecular complexity index is 159. The van der Waals surface area contributed by atoms with Gasteiger partial charge in [0.2, 0.25) is 0 Å². The van der Waals surface area contributed by atoms with Gasteiger partial charge in [-0.15, -0.1) is 11.6 Å². The van der Waals surface area contributed by atoms with Crippen molar-refractivity contribution in [2.75, 3.05) is 0 Å². The van der Waals surface area contributed by atoms with Gasteiger partial charge in [-0.05, 0) is 19.3 Å². The molecule has 1 saturated carbocycles. The van der Waals surface area contributed by atoms with Gasteiger partial charge < -0.3 is 5.73 Å². The molecule has 72 valence electrons. The van der Waals surface area contributed by atoms with Crippen molar-refractivity contribution in [3.05, 3.63) is 0 Å². The van der Waals surface area contributed by atoms with E-state index in [-0.39, 0.29) is 12.5 Å². The van der Waals surface area contributed by atoms with Crippen LogP contribution in [-0.2, 0) is 0 Å². The molecular formula is C7H11ClF3N. The van der Waals surface area contributed by atoms with E-state index in [1.807, 2.05) is 0 Å². The Morgan fingerprint density at radius 3 is 2.25 bits per heavy atom. The second kappa shape index (κ2) is 3.42. The van der Waals surface area contributed by atoms with Gasteiger partial charge in [0.05, 0.1) is 5.92 Å². The Morgan fingerprint density at radius 1 is 1.25 bits per heavy atom. The van der Waals surface area contributed by atoms with Crippen LogP contribution >= 0.6 is 11.6 Å². The smallest absolute Gasteiger partial charge is 0.328 e. The van der Waals surface area contributed by atoms with Gasteiger partial charge in [-0.25, -0.2) is 0 Å². The highest BCUT2D eigenvalue weighted by atomic mass is 35.5. The third-order valence-electron chi connectivity index (χ3n) is 2.23. The molecule has 0 amide bonds. The Balaban J connectivity index is 2.61. The first-order valence-corrected chi connectivity index (χ1v) is 4.31. The number of hydrogen-bond donors (Lipinski definition) is 1. The van der Waals surface area contributed by atoms with E-state index in [1.54, 1.807) is 0 Å². The highest BCUT2D eigenvalue weighted by Gasteiger charge is 2.46. The first-order valence-electron chi connectivity index (χ1n) is 3.87. The van der Waals surface area contributed by atoms with Gasteiger partial charge in [0, 0.05) is 11.4 Å².